The van der Waals surface area contributed by atoms with E-state index in [0.717, 1.165) is 44.3 Å². The fourth-order valence-corrected chi connectivity index (χ4v) is 11.5. The summed E-state index contributed by atoms with van der Waals surface area (Å²) in [7, 11) is -7.13. The molecule has 1 aromatic heterocycles. The summed E-state index contributed by atoms with van der Waals surface area (Å²) in [6.07, 6.45) is 10.3. The number of benzene rings is 1. The molecule has 12 heteroatoms. The molecule has 0 unspecified atom stereocenters. The quantitative estimate of drug-likeness (QED) is 0.394. The van der Waals surface area contributed by atoms with Crippen LogP contribution in [-0.2, 0) is 20.0 Å². The van der Waals surface area contributed by atoms with Crippen LogP contribution in [0.2, 0.25) is 5.02 Å². The number of hydrogen-bond donors (Lipinski definition) is 0. The average Bonchev–Trinajstić information content (AvgIpc) is 3.46. The first-order valence-corrected chi connectivity index (χ1v) is 18.1. The lowest BCUT2D eigenvalue weighted by Gasteiger charge is -2.50. The first kappa shape index (κ1) is 29.3. The number of hydrogen-bond acceptors (Lipinski definition) is 7. The standard InChI is InChI=1S/C29H39ClN4O5S2/c1-21-5-2-8-28(30)29(21)41(37,38)33-15-3-6-22(33)7-4-16-40(35,36)32-19-25(20-32)34-23-9-10-24(34)18-27(17-23)39-26-11-13-31-14-12-26/h2,5,8,11-14,22-25,27H,3-4,6-7,9-10,15-20H2,1H3/t22-,23-,24+,27+/m0/s1. The normalized spacial score (nSPS) is 28.1. The van der Waals surface area contributed by atoms with E-state index in [4.69, 9.17) is 16.3 Å². The Morgan fingerprint density at radius 2 is 1.68 bits per heavy atom. The van der Waals surface area contributed by atoms with Gasteiger partial charge >= 0.3 is 0 Å². The smallest absolute Gasteiger partial charge is 0.245 e. The van der Waals surface area contributed by atoms with Gasteiger partial charge in [0.05, 0.1) is 10.8 Å². The van der Waals surface area contributed by atoms with Crippen molar-refractivity contribution in [1.82, 2.24) is 18.5 Å². The number of piperidine rings is 1. The molecule has 9 nitrogen and oxygen atoms in total. The highest BCUT2D eigenvalue weighted by molar-refractivity contribution is 7.89. The molecule has 0 aliphatic carbocycles. The minimum atomic E-state index is -3.75. The van der Waals surface area contributed by atoms with E-state index in [1.165, 1.54) is 4.31 Å². The molecule has 4 atom stereocenters. The number of fused-ring (bicyclic) bond motifs is 2. The predicted molar refractivity (Wildman–Crippen MR) is 158 cm³/mol. The van der Waals surface area contributed by atoms with Crippen molar-refractivity contribution in [3.63, 3.8) is 0 Å². The third kappa shape index (κ3) is 5.90. The van der Waals surface area contributed by atoms with Crippen molar-refractivity contribution < 1.29 is 21.6 Å². The molecule has 41 heavy (non-hydrogen) atoms. The molecule has 4 saturated heterocycles. The molecule has 4 aliphatic heterocycles. The van der Waals surface area contributed by atoms with E-state index in [2.05, 4.69) is 9.88 Å². The van der Waals surface area contributed by atoms with Crippen molar-refractivity contribution in [3.05, 3.63) is 53.3 Å². The number of rotatable bonds is 10. The second-order valence-electron chi connectivity index (χ2n) is 12.0. The molecular weight excluding hydrogens is 584 g/mol. The van der Waals surface area contributed by atoms with E-state index in [0.29, 0.717) is 50.1 Å². The maximum absolute atomic E-state index is 13.5. The molecule has 4 fully saturated rings. The van der Waals surface area contributed by atoms with E-state index < -0.39 is 20.0 Å². The molecule has 6 rings (SSSR count). The number of sulfonamides is 2. The summed E-state index contributed by atoms with van der Waals surface area (Å²) in [5.41, 5.74) is 0.622. The van der Waals surface area contributed by atoms with Gasteiger partial charge in [0.15, 0.2) is 0 Å². The number of aryl methyl sites for hydroxylation is 1. The maximum atomic E-state index is 13.5. The van der Waals surface area contributed by atoms with Crippen LogP contribution in [0.1, 0.15) is 56.9 Å². The fourth-order valence-electron chi connectivity index (χ4n) is 7.40. The van der Waals surface area contributed by atoms with Gasteiger partial charge in [-0.3, -0.25) is 9.88 Å². The molecule has 0 radical (unpaired) electrons. The molecule has 2 aromatic rings. The highest BCUT2D eigenvalue weighted by Crippen LogP contribution is 2.41. The highest BCUT2D eigenvalue weighted by atomic mass is 35.5. The predicted octanol–water partition coefficient (Wildman–Crippen LogP) is 4.07. The van der Waals surface area contributed by atoms with Crippen molar-refractivity contribution in [3.8, 4) is 5.75 Å². The molecule has 4 aliphatic rings. The Kier molecular flexibility index (Phi) is 8.39. The van der Waals surface area contributed by atoms with Crippen molar-refractivity contribution >= 4 is 31.6 Å². The Balaban J connectivity index is 0.996. The minimum Gasteiger partial charge on any atom is -0.490 e. The van der Waals surface area contributed by atoms with E-state index >= 15 is 0 Å². The monoisotopic (exact) mass is 622 g/mol. The van der Waals surface area contributed by atoms with Crippen LogP contribution < -0.4 is 4.74 Å². The SMILES string of the molecule is Cc1cccc(Cl)c1S(=O)(=O)N1CCC[C@H]1CCCS(=O)(=O)N1CC(N2[C@@H]3CC[C@H]2C[C@@H](Oc2ccncc2)C3)C1. The third-order valence-corrected chi connectivity index (χ3v) is 13.8. The molecule has 2 bridgehead atoms. The molecule has 0 amide bonds. The van der Waals surface area contributed by atoms with E-state index in [1.807, 2.05) is 12.1 Å². The summed E-state index contributed by atoms with van der Waals surface area (Å²) in [4.78, 5) is 6.79. The van der Waals surface area contributed by atoms with Crippen LogP contribution in [0.15, 0.2) is 47.6 Å². The lowest BCUT2D eigenvalue weighted by molar-refractivity contribution is -0.0147. The van der Waals surface area contributed by atoms with Gasteiger partial charge < -0.3 is 4.74 Å². The second kappa shape index (κ2) is 11.7. The number of nitrogens with zero attached hydrogens (tertiary/aromatic N) is 4. The molecular formula is C29H39ClN4O5S2. The first-order chi connectivity index (χ1) is 19.6. The van der Waals surface area contributed by atoms with Crippen molar-refractivity contribution in [2.24, 2.45) is 0 Å². The second-order valence-corrected chi connectivity index (χ2v) is 16.3. The Morgan fingerprint density at radius 1 is 0.976 bits per heavy atom. The largest absolute Gasteiger partial charge is 0.490 e. The highest BCUT2D eigenvalue weighted by Gasteiger charge is 2.49. The van der Waals surface area contributed by atoms with Crippen LogP contribution in [-0.4, -0.2) is 91.0 Å². The average molecular weight is 623 g/mol. The molecule has 224 valence electrons. The zero-order valence-corrected chi connectivity index (χ0v) is 25.8. The van der Waals surface area contributed by atoms with Gasteiger partial charge in [-0.15, -0.1) is 0 Å². The van der Waals surface area contributed by atoms with Gasteiger partial charge in [-0.1, -0.05) is 23.7 Å². The van der Waals surface area contributed by atoms with Crippen LogP contribution in [0, 0.1) is 6.92 Å². The van der Waals surface area contributed by atoms with E-state index in [-0.39, 0.29) is 33.9 Å². The lowest BCUT2D eigenvalue weighted by Crippen LogP contribution is -2.65. The van der Waals surface area contributed by atoms with Crippen LogP contribution in [0.25, 0.3) is 0 Å². The van der Waals surface area contributed by atoms with Gasteiger partial charge in [0.1, 0.15) is 16.7 Å². The van der Waals surface area contributed by atoms with Gasteiger partial charge in [-0.2, -0.15) is 8.61 Å². The lowest BCUT2D eigenvalue weighted by atomic mass is 9.95. The van der Waals surface area contributed by atoms with Crippen molar-refractivity contribution in [2.75, 3.05) is 25.4 Å². The summed E-state index contributed by atoms with van der Waals surface area (Å²) < 4.78 is 62.6. The Morgan fingerprint density at radius 3 is 2.37 bits per heavy atom. The van der Waals surface area contributed by atoms with Crippen LogP contribution >= 0.6 is 11.6 Å². The Bertz CT molecular complexity index is 1420. The number of pyridine rings is 1. The number of ether oxygens (including phenoxy) is 1. The van der Waals surface area contributed by atoms with Gasteiger partial charge in [0.2, 0.25) is 20.0 Å². The van der Waals surface area contributed by atoms with Gasteiger partial charge in [0.25, 0.3) is 0 Å². The fraction of sp³-hybridized carbons (Fsp3) is 0.621. The topological polar surface area (TPSA) is 100 Å². The molecule has 0 spiro atoms. The van der Waals surface area contributed by atoms with Crippen molar-refractivity contribution in [1.29, 1.82) is 0 Å². The number of aromatic nitrogens is 1. The summed E-state index contributed by atoms with van der Waals surface area (Å²) in [6, 6.07) is 9.82. The first-order valence-electron chi connectivity index (χ1n) is 14.7. The van der Waals surface area contributed by atoms with E-state index in [9.17, 15) is 16.8 Å². The summed E-state index contributed by atoms with van der Waals surface area (Å²) in [6.45, 7) is 3.27. The molecule has 0 saturated carbocycles. The van der Waals surface area contributed by atoms with Gasteiger partial charge in [0, 0.05) is 56.2 Å². The summed E-state index contributed by atoms with van der Waals surface area (Å²) in [5, 5.41) is 0.226. The molecule has 5 heterocycles. The molecule has 1 aromatic carbocycles. The maximum Gasteiger partial charge on any atom is 0.245 e. The van der Waals surface area contributed by atoms with Gasteiger partial charge in [-0.05, 0) is 82.1 Å². The van der Waals surface area contributed by atoms with Crippen LogP contribution in [0.3, 0.4) is 0 Å². The minimum absolute atomic E-state index is 0.0456. The zero-order chi connectivity index (χ0) is 28.8. The van der Waals surface area contributed by atoms with Crippen molar-refractivity contribution in [2.45, 2.75) is 93.5 Å². The van der Waals surface area contributed by atoms with Crippen LogP contribution in [0.5, 0.6) is 5.75 Å². The van der Waals surface area contributed by atoms with Crippen LogP contribution in [0.4, 0.5) is 0 Å². The third-order valence-electron chi connectivity index (χ3n) is 9.34. The Hall–Kier alpha value is -1.76. The van der Waals surface area contributed by atoms with E-state index in [1.54, 1.807) is 41.8 Å². The van der Waals surface area contributed by atoms with Gasteiger partial charge in [-0.25, -0.2) is 16.8 Å². The Labute approximate surface area is 248 Å². The summed E-state index contributed by atoms with van der Waals surface area (Å²) >= 11 is 6.29. The zero-order valence-electron chi connectivity index (χ0n) is 23.4. The molecule has 0 N–H and O–H groups in total. The number of halogens is 1. The summed E-state index contributed by atoms with van der Waals surface area (Å²) in [5.74, 6) is 0.903.